The average Bonchev–Trinajstić information content (AvgIpc) is 2.10. The van der Waals surface area contributed by atoms with E-state index in [-0.39, 0.29) is 29.3 Å². The van der Waals surface area contributed by atoms with Crippen molar-refractivity contribution >= 4 is 35.4 Å². The van der Waals surface area contributed by atoms with Gasteiger partial charge in [0, 0.05) is 12.6 Å². The van der Waals surface area contributed by atoms with Crippen LogP contribution in [0.15, 0.2) is 0 Å². The fourth-order valence-electron chi connectivity index (χ4n) is 3.35. The zero-order valence-electron chi connectivity index (χ0n) is 11.6. The van der Waals surface area contributed by atoms with Gasteiger partial charge in [-0.15, -0.1) is 12.4 Å². The van der Waals surface area contributed by atoms with E-state index in [1.54, 1.807) is 0 Å². The third-order valence-electron chi connectivity index (χ3n) is 3.44. The summed E-state index contributed by atoms with van der Waals surface area (Å²) in [4.78, 5) is 21.8. The Morgan fingerprint density at radius 2 is 1.89 bits per heavy atom. The maximum atomic E-state index is 11.0. The lowest BCUT2D eigenvalue weighted by Gasteiger charge is -2.46. The van der Waals surface area contributed by atoms with Crippen LogP contribution in [0, 0.1) is 10.8 Å². The first kappa shape index (κ1) is 18.3. The van der Waals surface area contributed by atoms with E-state index in [2.05, 4.69) is 31.4 Å². The molecule has 1 saturated carbocycles. The summed E-state index contributed by atoms with van der Waals surface area (Å²) >= 11 is 5.31. The van der Waals surface area contributed by atoms with Gasteiger partial charge in [0.15, 0.2) is 0 Å². The highest BCUT2D eigenvalue weighted by Crippen LogP contribution is 2.45. The van der Waals surface area contributed by atoms with Gasteiger partial charge >= 0.3 is 11.4 Å². The van der Waals surface area contributed by atoms with Crippen molar-refractivity contribution < 1.29 is 9.59 Å². The molecule has 2 unspecified atom stereocenters. The molecule has 0 heterocycles. The summed E-state index contributed by atoms with van der Waals surface area (Å²) in [5, 5.41) is 4.88. The first-order valence-electron chi connectivity index (χ1n) is 6.11. The van der Waals surface area contributed by atoms with Crippen molar-refractivity contribution in [3.8, 4) is 0 Å². The number of halogens is 2. The number of hydrogen-bond donors (Lipinski definition) is 3. The van der Waals surface area contributed by atoms with Crippen LogP contribution in [0.1, 0.15) is 40.0 Å². The molecule has 1 rings (SSSR count). The van der Waals surface area contributed by atoms with Crippen LogP contribution in [0.25, 0.3) is 0 Å². The first-order valence-corrected chi connectivity index (χ1v) is 6.49. The van der Waals surface area contributed by atoms with Gasteiger partial charge in [-0.3, -0.25) is 4.79 Å². The lowest BCUT2D eigenvalue weighted by Crippen LogP contribution is -2.51. The number of carbonyl (C=O) groups excluding carboxylic acids is 2. The summed E-state index contributed by atoms with van der Waals surface area (Å²) in [6, 6.07) is -0.454. The predicted molar refractivity (Wildman–Crippen MR) is 78.7 cm³/mol. The van der Waals surface area contributed by atoms with Gasteiger partial charge in [-0.25, -0.2) is 4.79 Å². The number of rotatable bonds is 3. The molecule has 0 saturated heterocycles. The maximum Gasteiger partial charge on any atom is 0.313 e. The van der Waals surface area contributed by atoms with Crippen molar-refractivity contribution in [1.29, 1.82) is 0 Å². The van der Waals surface area contributed by atoms with E-state index in [0.717, 1.165) is 19.3 Å². The average molecular weight is 312 g/mol. The third kappa shape index (κ3) is 6.34. The molecule has 2 atom stereocenters. The molecule has 5 nitrogen and oxygen atoms in total. The molecule has 0 aromatic rings. The second kappa shape index (κ2) is 6.66. The Balaban J connectivity index is 0.00000324. The van der Waals surface area contributed by atoms with Crippen molar-refractivity contribution in [2.24, 2.45) is 16.6 Å². The molecule has 112 valence electrons. The number of urea groups is 1. The van der Waals surface area contributed by atoms with Crippen LogP contribution in [0.4, 0.5) is 9.59 Å². The van der Waals surface area contributed by atoms with Gasteiger partial charge in [0.25, 0.3) is 0 Å². The normalized spacial score (nSPS) is 28.9. The fraction of sp³-hybridized carbons (Fsp3) is 0.833. The van der Waals surface area contributed by atoms with E-state index in [4.69, 9.17) is 17.3 Å². The highest BCUT2D eigenvalue weighted by Gasteiger charge is 2.41. The quantitative estimate of drug-likeness (QED) is 0.553. The first-order chi connectivity index (χ1) is 8.12. The predicted octanol–water partition coefficient (Wildman–Crippen LogP) is 2.61. The highest BCUT2D eigenvalue weighted by atomic mass is 35.5. The van der Waals surface area contributed by atoms with Crippen LogP contribution in [0.3, 0.4) is 0 Å². The molecule has 0 bridgehead atoms. The Morgan fingerprint density at radius 1 is 1.32 bits per heavy atom. The van der Waals surface area contributed by atoms with Crippen LogP contribution < -0.4 is 16.4 Å². The summed E-state index contributed by atoms with van der Waals surface area (Å²) < 4.78 is 0. The SMILES string of the molecule is CC1(C)CC(NC(N)=O)CC(C)(CNC(=O)Cl)C1.Cl. The van der Waals surface area contributed by atoms with E-state index in [9.17, 15) is 9.59 Å². The lowest BCUT2D eigenvalue weighted by atomic mass is 9.62. The van der Waals surface area contributed by atoms with Crippen molar-refractivity contribution in [1.82, 2.24) is 10.6 Å². The van der Waals surface area contributed by atoms with Gasteiger partial charge in [-0.2, -0.15) is 0 Å². The third-order valence-corrected chi connectivity index (χ3v) is 3.58. The Morgan fingerprint density at radius 3 is 2.37 bits per heavy atom. The number of primary amides is 1. The zero-order valence-corrected chi connectivity index (χ0v) is 13.2. The largest absolute Gasteiger partial charge is 0.352 e. The molecule has 7 heteroatoms. The Hall–Kier alpha value is -0.680. The smallest absolute Gasteiger partial charge is 0.313 e. The standard InChI is InChI=1S/C12H22ClN3O2.ClH/c1-11(2)4-8(16-10(14)18)5-12(3,6-11)7-15-9(13)17;/h8H,4-7H2,1-3H3,(H,15,17)(H3,14,16,18);1H. The summed E-state index contributed by atoms with van der Waals surface area (Å²) in [5.74, 6) is 0. The van der Waals surface area contributed by atoms with Crippen LogP contribution in [-0.2, 0) is 0 Å². The number of carbonyl (C=O) groups is 2. The van der Waals surface area contributed by atoms with Crippen molar-refractivity contribution in [2.75, 3.05) is 6.54 Å². The van der Waals surface area contributed by atoms with E-state index in [1.807, 2.05) is 0 Å². The van der Waals surface area contributed by atoms with Crippen LogP contribution in [-0.4, -0.2) is 24.0 Å². The van der Waals surface area contributed by atoms with Gasteiger partial charge in [-0.1, -0.05) is 20.8 Å². The van der Waals surface area contributed by atoms with Crippen molar-refractivity contribution in [3.63, 3.8) is 0 Å². The topological polar surface area (TPSA) is 84.2 Å². The van der Waals surface area contributed by atoms with Gasteiger partial charge in [0.2, 0.25) is 0 Å². The lowest BCUT2D eigenvalue weighted by molar-refractivity contribution is 0.0762. The monoisotopic (exact) mass is 311 g/mol. The molecule has 1 aliphatic rings. The van der Waals surface area contributed by atoms with Crippen LogP contribution in [0.5, 0.6) is 0 Å². The zero-order chi connectivity index (χ0) is 14.0. The molecule has 1 aliphatic carbocycles. The van der Waals surface area contributed by atoms with Crippen molar-refractivity contribution in [2.45, 2.75) is 46.1 Å². The molecular weight excluding hydrogens is 289 g/mol. The molecular formula is C12H23Cl2N3O2. The minimum absolute atomic E-state index is 0. The summed E-state index contributed by atoms with van der Waals surface area (Å²) in [7, 11) is 0. The van der Waals surface area contributed by atoms with E-state index in [1.165, 1.54) is 0 Å². The number of nitrogens with two attached hydrogens (primary N) is 1. The van der Waals surface area contributed by atoms with Crippen LogP contribution in [0.2, 0.25) is 0 Å². The van der Waals surface area contributed by atoms with Crippen molar-refractivity contribution in [3.05, 3.63) is 0 Å². The van der Waals surface area contributed by atoms with Gasteiger partial charge in [0.05, 0.1) is 0 Å². The number of nitrogens with one attached hydrogen (secondary N) is 2. The second-order valence-electron chi connectivity index (χ2n) is 6.39. The van der Waals surface area contributed by atoms with E-state index in [0.29, 0.717) is 6.54 Å². The van der Waals surface area contributed by atoms with E-state index >= 15 is 0 Å². The number of amides is 3. The summed E-state index contributed by atoms with van der Waals surface area (Å²) in [6.45, 7) is 6.91. The molecule has 0 radical (unpaired) electrons. The molecule has 19 heavy (non-hydrogen) atoms. The summed E-state index contributed by atoms with van der Waals surface area (Å²) in [5.41, 5.74) is 5.19. The molecule has 1 fully saturated rings. The minimum atomic E-state index is -0.543. The van der Waals surface area contributed by atoms with Gasteiger partial charge in [0.1, 0.15) is 0 Å². The maximum absolute atomic E-state index is 11.0. The van der Waals surface area contributed by atoms with Gasteiger partial charge in [-0.05, 0) is 41.7 Å². The molecule has 3 amide bonds. The molecule has 0 aromatic carbocycles. The Labute approximate surface area is 125 Å². The number of hydrogen-bond acceptors (Lipinski definition) is 2. The molecule has 0 aromatic heterocycles. The fourth-order valence-corrected chi connectivity index (χ4v) is 3.42. The van der Waals surface area contributed by atoms with E-state index < -0.39 is 11.4 Å². The molecule has 0 aliphatic heterocycles. The Bertz CT molecular complexity index is 350. The van der Waals surface area contributed by atoms with Crippen LogP contribution >= 0.6 is 24.0 Å². The molecule has 4 N–H and O–H groups in total. The Kier molecular flexibility index (Phi) is 6.42. The molecule has 0 spiro atoms. The van der Waals surface area contributed by atoms with Gasteiger partial charge < -0.3 is 16.4 Å². The highest BCUT2D eigenvalue weighted by molar-refractivity contribution is 6.62. The second-order valence-corrected chi connectivity index (χ2v) is 6.74. The summed E-state index contributed by atoms with van der Waals surface area (Å²) in [6.07, 6.45) is 2.64. The minimum Gasteiger partial charge on any atom is -0.352 e.